The van der Waals surface area contributed by atoms with Crippen molar-refractivity contribution in [1.82, 2.24) is 15.2 Å². The standard InChI is InChI=1S/C15H27N3S/c1-12(2)18-9-5-6-13(18)10-15-17-11-14(19-15)7-4-8-16-3/h11-13,16H,4-10H2,1-3H3. The van der Waals surface area contributed by atoms with Gasteiger partial charge >= 0.3 is 0 Å². The maximum absolute atomic E-state index is 4.62. The number of aromatic nitrogens is 1. The van der Waals surface area contributed by atoms with Gasteiger partial charge in [-0.05, 0) is 59.7 Å². The Morgan fingerprint density at radius 3 is 3.11 bits per heavy atom. The van der Waals surface area contributed by atoms with Crippen LogP contribution in [0, 0.1) is 0 Å². The molecule has 1 atom stereocenters. The lowest BCUT2D eigenvalue weighted by molar-refractivity contribution is 0.202. The molecule has 1 aliphatic rings. The fourth-order valence-corrected chi connectivity index (χ4v) is 3.99. The van der Waals surface area contributed by atoms with Crippen molar-refractivity contribution >= 4 is 11.3 Å². The summed E-state index contributed by atoms with van der Waals surface area (Å²) >= 11 is 1.92. The Morgan fingerprint density at radius 2 is 2.37 bits per heavy atom. The Labute approximate surface area is 121 Å². The van der Waals surface area contributed by atoms with Gasteiger partial charge in [-0.1, -0.05) is 0 Å². The average molecular weight is 281 g/mol. The van der Waals surface area contributed by atoms with E-state index in [4.69, 9.17) is 0 Å². The normalized spacial score (nSPS) is 20.5. The highest BCUT2D eigenvalue weighted by Crippen LogP contribution is 2.25. The Morgan fingerprint density at radius 1 is 1.53 bits per heavy atom. The highest BCUT2D eigenvalue weighted by molar-refractivity contribution is 7.11. The Bertz CT molecular complexity index is 375. The summed E-state index contributed by atoms with van der Waals surface area (Å²) in [5.41, 5.74) is 0. The van der Waals surface area contributed by atoms with E-state index in [1.54, 1.807) is 0 Å². The molecule has 3 nitrogen and oxygen atoms in total. The zero-order chi connectivity index (χ0) is 13.7. The van der Waals surface area contributed by atoms with E-state index >= 15 is 0 Å². The topological polar surface area (TPSA) is 28.2 Å². The molecule has 0 aromatic carbocycles. The number of likely N-dealkylation sites (tertiary alicyclic amines) is 1. The first-order valence-corrected chi connectivity index (χ1v) is 8.36. The summed E-state index contributed by atoms with van der Waals surface area (Å²) in [5, 5.41) is 4.53. The number of rotatable bonds is 7. The second-order valence-electron chi connectivity index (χ2n) is 5.76. The van der Waals surface area contributed by atoms with Gasteiger partial charge in [0.1, 0.15) is 0 Å². The molecular formula is C15H27N3S. The van der Waals surface area contributed by atoms with Crippen molar-refractivity contribution in [3.05, 3.63) is 16.1 Å². The minimum Gasteiger partial charge on any atom is -0.320 e. The minimum absolute atomic E-state index is 0.669. The van der Waals surface area contributed by atoms with Crippen LogP contribution in [0.4, 0.5) is 0 Å². The molecule has 1 aromatic rings. The van der Waals surface area contributed by atoms with Gasteiger partial charge in [0, 0.05) is 29.6 Å². The smallest absolute Gasteiger partial charge is 0.0943 e. The van der Waals surface area contributed by atoms with Crippen molar-refractivity contribution in [1.29, 1.82) is 0 Å². The van der Waals surface area contributed by atoms with Crippen LogP contribution in [0.3, 0.4) is 0 Å². The van der Waals surface area contributed by atoms with E-state index in [9.17, 15) is 0 Å². The average Bonchev–Trinajstić information content (AvgIpc) is 2.99. The maximum Gasteiger partial charge on any atom is 0.0943 e. The van der Waals surface area contributed by atoms with Crippen LogP contribution in [0.25, 0.3) is 0 Å². The van der Waals surface area contributed by atoms with Gasteiger partial charge in [0.05, 0.1) is 5.01 Å². The quantitative estimate of drug-likeness (QED) is 0.779. The first-order chi connectivity index (χ1) is 9.20. The van der Waals surface area contributed by atoms with Gasteiger partial charge in [-0.25, -0.2) is 4.98 Å². The first kappa shape index (κ1) is 14.9. The maximum atomic E-state index is 4.62. The molecule has 0 aliphatic carbocycles. The highest BCUT2D eigenvalue weighted by atomic mass is 32.1. The molecule has 0 saturated carbocycles. The Balaban J connectivity index is 1.85. The van der Waals surface area contributed by atoms with E-state index < -0.39 is 0 Å². The van der Waals surface area contributed by atoms with Gasteiger partial charge in [0.25, 0.3) is 0 Å². The van der Waals surface area contributed by atoms with Crippen LogP contribution < -0.4 is 5.32 Å². The molecule has 0 amide bonds. The van der Waals surface area contributed by atoms with Crippen LogP contribution in [-0.2, 0) is 12.8 Å². The summed E-state index contributed by atoms with van der Waals surface area (Å²) in [7, 11) is 2.01. The summed E-state index contributed by atoms with van der Waals surface area (Å²) < 4.78 is 0. The molecule has 1 saturated heterocycles. The predicted molar refractivity (Wildman–Crippen MR) is 82.9 cm³/mol. The number of nitrogens with one attached hydrogen (secondary N) is 1. The van der Waals surface area contributed by atoms with Gasteiger partial charge < -0.3 is 5.32 Å². The van der Waals surface area contributed by atoms with Crippen LogP contribution in [-0.4, -0.2) is 42.1 Å². The molecule has 4 heteroatoms. The molecule has 1 aliphatic heterocycles. The molecular weight excluding hydrogens is 254 g/mol. The number of nitrogens with zero attached hydrogens (tertiary/aromatic N) is 2. The molecule has 0 bridgehead atoms. The molecule has 1 aromatic heterocycles. The van der Waals surface area contributed by atoms with Gasteiger partial charge in [-0.3, -0.25) is 4.90 Å². The molecule has 1 unspecified atom stereocenters. The number of hydrogen-bond acceptors (Lipinski definition) is 4. The summed E-state index contributed by atoms with van der Waals surface area (Å²) in [4.78, 5) is 8.71. The molecule has 1 N–H and O–H groups in total. The van der Waals surface area contributed by atoms with Crippen molar-refractivity contribution in [2.75, 3.05) is 20.1 Å². The lowest BCUT2D eigenvalue weighted by Gasteiger charge is -2.27. The van der Waals surface area contributed by atoms with Crippen LogP contribution in [0.5, 0.6) is 0 Å². The van der Waals surface area contributed by atoms with Crippen molar-refractivity contribution in [2.24, 2.45) is 0 Å². The van der Waals surface area contributed by atoms with E-state index in [-0.39, 0.29) is 0 Å². The van der Waals surface area contributed by atoms with Gasteiger partial charge in [0.2, 0.25) is 0 Å². The molecule has 0 radical (unpaired) electrons. The summed E-state index contributed by atoms with van der Waals surface area (Å²) in [6.45, 7) is 6.98. The number of hydrogen-bond donors (Lipinski definition) is 1. The van der Waals surface area contributed by atoms with E-state index in [1.807, 2.05) is 18.4 Å². The minimum atomic E-state index is 0.669. The van der Waals surface area contributed by atoms with Crippen molar-refractivity contribution in [3.63, 3.8) is 0 Å². The fourth-order valence-electron chi connectivity index (χ4n) is 2.96. The molecule has 0 spiro atoms. The van der Waals surface area contributed by atoms with Crippen molar-refractivity contribution in [3.8, 4) is 0 Å². The zero-order valence-electron chi connectivity index (χ0n) is 12.5. The van der Waals surface area contributed by atoms with E-state index in [0.717, 1.165) is 25.4 Å². The second-order valence-corrected chi connectivity index (χ2v) is 6.96. The fraction of sp³-hybridized carbons (Fsp3) is 0.800. The lowest BCUT2D eigenvalue weighted by Crippen LogP contribution is -2.36. The summed E-state index contributed by atoms with van der Waals surface area (Å²) in [6, 6.07) is 1.39. The third-order valence-electron chi connectivity index (χ3n) is 3.95. The molecule has 1 fully saturated rings. The van der Waals surface area contributed by atoms with Crippen LogP contribution in [0.1, 0.15) is 43.0 Å². The Hall–Kier alpha value is -0.450. The third-order valence-corrected chi connectivity index (χ3v) is 5.03. The summed E-state index contributed by atoms with van der Waals surface area (Å²) in [5.74, 6) is 0. The molecule has 2 heterocycles. The highest BCUT2D eigenvalue weighted by Gasteiger charge is 2.27. The van der Waals surface area contributed by atoms with Crippen LogP contribution in [0.15, 0.2) is 6.20 Å². The zero-order valence-corrected chi connectivity index (χ0v) is 13.3. The third kappa shape index (κ3) is 4.26. The lowest BCUT2D eigenvalue weighted by atomic mass is 10.1. The molecule has 2 rings (SSSR count). The molecule has 108 valence electrons. The van der Waals surface area contributed by atoms with E-state index in [2.05, 4.69) is 35.2 Å². The summed E-state index contributed by atoms with van der Waals surface area (Å²) in [6.07, 6.45) is 8.30. The van der Waals surface area contributed by atoms with Crippen molar-refractivity contribution in [2.45, 2.75) is 58.0 Å². The first-order valence-electron chi connectivity index (χ1n) is 7.54. The SMILES string of the molecule is CNCCCc1cnc(CC2CCCN2C(C)C)s1. The van der Waals surface area contributed by atoms with E-state index in [1.165, 1.54) is 35.7 Å². The monoisotopic (exact) mass is 281 g/mol. The van der Waals surface area contributed by atoms with Gasteiger partial charge in [-0.2, -0.15) is 0 Å². The van der Waals surface area contributed by atoms with E-state index in [0.29, 0.717) is 6.04 Å². The van der Waals surface area contributed by atoms with Gasteiger partial charge in [0.15, 0.2) is 0 Å². The second kappa shape index (κ2) is 7.36. The largest absolute Gasteiger partial charge is 0.320 e. The van der Waals surface area contributed by atoms with Crippen molar-refractivity contribution < 1.29 is 0 Å². The molecule has 19 heavy (non-hydrogen) atoms. The predicted octanol–water partition coefficient (Wildman–Crippen LogP) is 2.71. The van der Waals surface area contributed by atoms with Crippen LogP contribution in [0.2, 0.25) is 0 Å². The Kier molecular flexibility index (Phi) is 5.79. The number of aryl methyl sites for hydroxylation is 1. The van der Waals surface area contributed by atoms with Crippen LogP contribution >= 0.6 is 11.3 Å². The number of thiazole rings is 1. The van der Waals surface area contributed by atoms with Gasteiger partial charge in [-0.15, -0.1) is 11.3 Å².